The number of aryl methyl sites for hydroxylation is 1. The Labute approximate surface area is 178 Å². The number of rotatable bonds is 9. The fourth-order valence-corrected chi connectivity index (χ4v) is 2.41. The Morgan fingerprint density at radius 3 is 2.63 bits per heavy atom. The predicted octanol–water partition coefficient (Wildman–Crippen LogP) is 2.23. The van der Waals surface area contributed by atoms with Crippen molar-refractivity contribution in [2.75, 3.05) is 19.7 Å². The Hall–Kier alpha value is -1.65. The van der Waals surface area contributed by atoms with E-state index in [2.05, 4.69) is 20.7 Å². The first-order valence-corrected chi connectivity index (χ1v) is 8.93. The first-order valence-electron chi connectivity index (χ1n) is 8.93. The molecule has 0 amide bonds. The Morgan fingerprint density at radius 1 is 1.26 bits per heavy atom. The number of guanidine groups is 1. The second-order valence-electron chi connectivity index (χ2n) is 6.06. The summed E-state index contributed by atoms with van der Waals surface area (Å²) in [5.41, 5.74) is 2.11. The van der Waals surface area contributed by atoms with Crippen molar-refractivity contribution in [2.45, 2.75) is 32.6 Å². The molecule has 7 nitrogen and oxygen atoms in total. The Bertz CT molecular complexity index is 678. The fourth-order valence-electron chi connectivity index (χ4n) is 2.41. The minimum atomic E-state index is -0.623. The number of halogens is 1. The summed E-state index contributed by atoms with van der Waals surface area (Å²) in [7, 11) is 1.89. The quantitative estimate of drug-likeness (QED) is 0.287. The Kier molecular flexibility index (Phi) is 11.0. The molecule has 0 spiro atoms. The number of nitrogens with one attached hydrogen (secondary N) is 2. The second-order valence-corrected chi connectivity index (χ2v) is 6.06. The third kappa shape index (κ3) is 8.27. The first-order chi connectivity index (χ1) is 12.6. The average molecular weight is 487 g/mol. The summed E-state index contributed by atoms with van der Waals surface area (Å²) < 4.78 is 7.55. The summed E-state index contributed by atoms with van der Waals surface area (Å²) in [5, 5.41) is 20.6. The van der Waals surface area contributed by atoms with Crippen molar-refractivity contribution in [3.05, 3.63) is 53.9 Å². The standard InChI is InChI=1S/C19H29N5O2.HI/c1-4-20-19(21-12-17-10-11-23-24(17)3)22-13-18(25)14-26-15(2)16-8-6-5-7-9-16;/h5-11,15,18,25H,4,12-14H2,1-3H3,(H2,20,21,22);1H. The smallest absolute Gasteiger partial charge is 0.191 e. The zero-order valence-corrected chi connectivity index (χ0v) is 18.5. The van der Waals surface area contributed by atoms with Crippen LogP contribution in [0.1, 0.15) is 31.2 Å². The van der Waals surface area contributed by atoms with E-state index in [4.69, 9.17) is 4.74 Å². The number of aliphatic hydroxyl groups is 1. The van der Waals surface area contributed by atoms with Crippen molar-refractivity contribution in [2.24, 2.45) is 12.0 Å². The van der Waals surface area contributed by atoms with Crippen molar-refractivity contribution < 1.29 is 9.84 Å². The van der Waals surface area contributed by atoms with Crippen LogP contribution in [0.5, 0.6) is 0 Å². The molecule has 150 valence electrons. The van der Waals surface area contributed by atoms with E-state index in [1.165, 1.54) is 0 Å². The fraction of sp³-hybridized carbons (Fsp3) is 0.474. The van der Waals surface area contributed by atoms with E-state index in [9.17, 15) is 5.11 Å². The lowest BCUT2D eigenvalue weighted by Gasteiger charge is -2.18. The molecular weight excluding hydrogens is 457 g/mol. The molecule has 0 aliphatic heterocycles. The van der Waals surface area contributed by atoms with Crippen molar-refractivity contribution in [3.63, 3.8) is 0 Å². The number of ether oxygens (including phenoxy) is 1. The highest BCUT2D eigenvalue weighted by Crippen LogP contribution is 2.15. The monoisotopic (exact) mass is 487 g/mol. The van der Waals surface area contributed by atoms with Gasteiger partial charge in [-0.3, -0.25) is 4.68 Å². The summed E-state index contributed by atoms with van der Waals surface area (Å²) in [5.74, 6) is 0.656. The summed E-state index contributed by atoms with van der Waals surface area (Å²) in [6.07, 6.45) is 1.07. The van der Waals surface area contributed by atoms with E-state index in [-0.39, 0.29) is 36.7 Å². The van der Waals surface area contributed by atoms with Crippen LogP contribution in [0.15, 0.2) is 47.6 Å². The largest absolute Gasteiger partial charge is 0.389 e. The molecular formula is C19H30IN5O2. The van der Waals surface area contributed by atoms with Crippen molar-refractivity contribution in [1.29, 1.82) is 0 Å². The van der Waals surface area contributed by atoms with Crippen LogP contribution >= 0.6 is 24.0 Å². The molecule has 0 radical (unpaired) electrons. The van der Waals surface area contributed by atoms with Gasteiger partial charge in [0, 0.05) is 26.3 Å². The molecule has 1 aromatic carbocycles. The molecule has 2 atom stereocenters. The highest BCUT2D eigenvalue weighted by atomic mass is 127. The van der Waals surface area contributed by atoms with Gasteiger partial charge < -0.3 is 20.5 Å². The van der Waals surface area contributed by atoms with E-state index in [1.54, 1.807) is 10.9 Å². The van der Waals surface area contributed by atoms with Gasteiger partial charge >= 0.3 is 0 Å². The summed E-state index contributed by atoms with van der Waals surface area (Å²) in [4.78, 5) is 4.51. The van der Waals surface area contributed by atoms with Gasteiger partial charge in [0.2, 0.25) is 0 Å². The van der Waals surface area contributed by atoms with E-state index in [0.717, 1.165) is 17.8 Å². The van der Waals surface area contributed by atoms with Gasteiger partial charge in [0.05, 0.1) is 31.1 Å². The van der Waals surface area contributed by atoms with Crippen LogP contribution in [-0.4, -0.2) is 46.6 Å². The number of hydrogen-bond acceptors (Lipinski definition) is 4. The summed E-state index contributed by atoms with van der Waals surface area (Å²) in [6.45, 7) is 5.86. The number of benzene rings is 1. The molecule has 3 N–H and O–H groups in total. The lowest BCUT2D eigenvalue weighted by molar-refractivity contribution is -0.000599. The molecule has 0 saturated heterocycles. The number of aliphatic imine (C=N–C) groups is 1. The van der Waals surface area contributed by atoms with E-state index in [1.807, 2.05) is 57.3 Å². The maximum absolute atomic E-state index is 10.2. The molecule has 0 saturated carbocycles. The van der Waals surface area contributed by atoms with Crippen LogP contribution in [0.3, 0.4) is 0 Å². The van der Waals surface area contributed by atoms with E-state index >= 15 is 0 Å². The van der Waals surface area contributed by atoms with Crippen LogP contribution in [-0.2, 0) is 18.3 Å². The van der Waals surface area contributed by atoms with Gasteiger partial charge in [-0.05, 0) is 25.5 Å². The third-order valence-corrected chi connectivity index (χ3v) is 3.98. The molecule has 2 rings (SSSR count). The molecule has 8 heteroatoms. The van der Waals surface area contributed by atoms with Crippen LogP contribution in [0.25, 0.3) is 0 Å². The van der Waals surface area contributed by atoms with Crippen LogP contribution < -0.4 is 10.6 Å². The van der Waals surface area contributed by atoms with Crippen molar-refractivity contribution in [1.82, 2.24) is 20.4 Å². The topological polar surface area (TPSA) is 83.7 Å². The lowest BCUT2D eigenvalue weighted by atomic mass is 10.1. The maximum Gasteiger partial charge on any atom is 0.191 e. The number of hydrogen-bond donors (Lipinski definition) is 3. The number of aromatic nitrogens is 2. The van der Waals surface area contributed by atoms with Gasteiger partial charge in [0.15, 0.2) is 5.96 Å². The van der Waals surface area contributed by atoms with Gasteiger partial charge in [-0.15, -0.1) is 24.0 Å². The highest BCUT2D eigenvalue weighted by molar-refractivity contribution is 14.0. The predicted molar refractivity (Wildman–Crippen MR) is 118 cm³/mol. The van der Waals surface area contributed by atoms with Gasteiger partial charge in [-0.2, -0.15) is 5.10 Å². The molecule has 0 bridgehead atoms. The zero-order chi connectivity index (χ0) is 18.8. The van der Waals surface area contributed by atoms with Gasteiger partial charge in [-0.25, -0.2) is 4.99 Å². The molecule has 0 aliphatic carbocycles. The first kappa shape index (κ1) is 23.4. The van der Waals surface area contributed by atoms with Crippen LogP contribution in [0.4, 0.5) is 0 Å². The molecule has 1 aromatic heterocycles. The third-order valence-electron chi connectivity index (χ3n) is 3.98. The lowest BCUT2D eigenvalue weighted by Crippen LogP contribution is -2.42. The Morgan fingerprint density at radius 2 is 2.00 bits per heavy atom. The summed E-state index contributed by atoms with van der Waals surface area (Å²) >= 11 is 0. The normalized spacial score (nSPS) is 13.6. The second kappa shape index (κ2) is 12.7. The zero-order valence-electron chi connectivity index (χ0n) is 16.1. The van der Waals surface area contributed by atoms with Crippen LogP contribution in [0, 0.1) is 0 Å². The molecule has 27 heavy (non-hydrogen) atoms. The van der Waals surface area contributed by atoms with Crippen molar-refractivity contribution in [3.8, 4) is 0 Å². The SMILES string of the molecule is CCNC(=NCc1ccnn1C)NCC(O)COC(C)c1ccccc1.I. The van der Waals surface area contributed by atoms with Gasteiger partial charge in [0.1, 0.15) is 0 Å². The van der Waals surface area contributed by atoms with E-state index in [0.29, 0.717) is 19.0 Å². The molecule has 0 aliphatic rings. The summed E-state index contributed by atoms with van der Waals surface area (Å²) in [6, 6.07) is 11.9. The van der Waals surface area contributed by atoms with E-state index < -0.39 is 6.10 Å². The molecule has 0 fully saturated rings. The minimum absolute atomic E-state index is 0. The van der Waals surface area contributed by atoms with Crippen LogP contribution in [0.2, 0.25) is 0 Å². The number of aliphatic hydroxyl groups excluding tert-OH is 1. The minimum Gasteiger partial charge on any atom is -0.389 e. The Balaban J connectivity index is 0.00000364. The van der Waals surface area contributed by atoms with Gasteiger partial charge in [0.25, 0.3) is 0 Å². The molecule has 2 unspecified atom stereocenters. The molecule has 2 aromatic rings. The number of nitrogens with zero attached hydrogens (tertiary/aromatic N) is 3. The highest BCUT2D eigenvalue weighted by Gasteiger charge is 2.10. The maximum atomic E-state index is 10.2. The van der Waals surface area contributed by atoms with Gasteiger partial charge in [-0.1, -0.05) is 30.3 Å². The van der Waals surface area contributed by atoms with Crippen molar-refractivity contribution >= 4 is 29.9 Å². The average Bonchev–Trinajstić information content (AvgIpc) is 3.07. The molecule has 1 heterocycles.